The van der Waals surface area contributed by atoms with Crippen LogP contribution in [0, 0.1) is 0 Å². The molecule has 0 heterocycles. The molecule has 1 aromatic rings. The molecule has 1 rings (SSSR count). The van der Waals surface area contributed by atoms with Gasteiger partial charge in [0.05, 0.1) is 4.90 Å². The quantitative estimate of drug-likeness (QED) is 0.593. The fourth-order valence-electron chi connectivity index (χ4n) is 1.55. The molecular weight excluding hydrogens is 286 g/mol. The number of halogens is 1. The average Bonchev–Trinajstić information content (AvgIpc) is 2.30. The predicted octanol–water partition coefficient (Wildman–Crippen LogP) is 1.59. The zero-order valence-electron chi connectivity index (χ0n) is 11.4. The Hall–Kier alpha value is -0.660. The first-order valence-corrected chi connectivity index (χ1v) is 7.92. The lowest BCUT2D eigenvalue weighted by molar-refractivity contribution is 0.364. The molecule has 2 N–H and O–H groups in total. The van der Waals surface area contributed by atoms with Crippen molar-refractivity contribution in [2.75, 3.05) is 20.6 Å². The number of sulfonamides is 1. The van der Waals surface area contributed by atoms with E-state index in [1.54, 1.807) is 26.2 Å². The van der Waals surface area contributed by atoms with Crippen LogP contribution in [0.2, 0.25) is 5.02 Å². The summed E-state index contributed by atoms with van der Waals surface area (Å²) >= 11 is 6.07. The SMILES string of the molecule is CCCNCc1cc(S(=O)(=O)NN(C)C)ccc1Cl. The van der Waals surface area contributed by atoms with E-state index in [4.69, 9.17) is 11.6 Å². The molecule has 5 nitrogen and oxygen atoms in total. The number of benzene rings is 1. The van der Waals surface area contributed by atoms with Gasteiger partial charge >= 0.3 is 0 Å². The Morgan fingerprint density at radius 3 is 2.58 bits per heavy atom. The van der Waals surface area contributed by atoms with Gasteiger partial charge in [-0.3, -0.25) is 0 Å². The lowest BCUT2D eigenvalue weighted by atomic mass is 10.2. The maximum absolute atomic E-state index is 12.0. The molecule has 0 atom stereocenters. The first kappa shape index (κ1) is 16.4. The van der Waals surface area contributed by atoms with Crippen LogP contribution in [0.1, 0.15) is 18.9 Å². The Morgan fingerprint density at radius 2 is 2.00 bits per heavy atom. The molecule has 19 heavy (non-hydrogen) atoms. The Morgan fingerprint density at radius 1 is 1.32 bits per heavy atom. The summed E-state index contributed by atoms with van der Waals surface area (Å²) in [5.74, 6) is 0. The van der Waals surface area contributed by atoms with Crippen LogP contribution in [-0.2, 0) is 16.6 Å². The summed E-state index contributed by atoms with van der Waals surface area (Å²) in [5.41, 5.74) is 0.775. The molecule has 0 aliphatic heterocycles. The first-order valence-electron chi connectivity index (χ1n) is 6.05. The van der Waals surface area contributed by atoms with Gasteiger partial charge < -0.3 is 5.32 Å². The van der Waals surface area contributed by atoms with Crippen molar-refractivity contribution in [3.63, 3.8) is 0 Å². The van der Waals surface area contributed by atoms with Gasteiger partial charge in [-0.25, -0.2) is 13.4 Å². The molecule has 0 amide bonds. The first-order chi connectivity index (χ1) is 8.86. The van der Waals surface area contributed by atoms with Gasteiger partial charge in [-0.15, -0.1) is 4.83 Å². The number of hydrazine groups is 1. The van der Waals surface area contributed by atoms with Crippen molar-refractivity contribution in [3.05, 3.63) is 28.8 Å². The molecule has 0 radical (unpaired) electrons. The Kier molecular flexibility index (Phi) is 6.22. The third kappa shape index (κ3) is 5.08. The second kappa shape index (κ2) is 7.21. The standard InChI is InChI=1S/C12H20ClN3O2S/c1-4-7-14-9-10-8-11(5-6-12(10)13)19(17,18)15-16(2)3/h5-6,8,14-15H,4,7,9H2,1-3H3. The summed E-state index contributed by atoms with van der Waals surface area (Å²) in [6, 6.07) is 4.70. The maximum Gasteiger partial charge on any atom is 0.253 e. The highest BCUT2D eigenvalue weighted by atomic mass is 35.5. The van der Waals surface area contributed by atoms with Crippen LogP contribution in [0.25, 0.3) is 0 Å². The molecule has 0 aliphatic rings. The van der Waals surface area contributed by atoms with E-state index in [9.17, 15) is 8.42 Å². The van der Waals surface area contributed by atoms with Crippen LogP contribution in [0.3, 0.4) is 0 Å². The maximum atomic E-state index is 12.0. The highest BCUT2D eigenvalue weighted by molar-refractivity contribution is 7.89. The predicted molar refractivity (Wildman–Crippen MR) is 77.5 cm³/mol. The fraction of sp³-hybridized carbons (Fsp3) is 0.500. The lowest BCUT2D eigenvalue weighted by Gasteiger charge is -2.14. The minimum absolute atomic E-state index is 0.207. The van der Waals surface area contributed by atoms with E-state index in [1.165, 1.54) is 11.1 Å². The van der Waals surface area contributed by atoms with Crippen molar-refractivity contribution >= 4 is 21.6 Å². The number of rotatable bonds is 7. The van der Waals surface area contributed by atoms with Crippen LogP contribution < -0.4 is 10.1 Å². The Balaban J connectivity index is 2.95. The molecule has 108 valence electrons. The van der Waals surface area contributed by atoms with E-state index in [2.05, 4.69) is 17.1 Å². The van der Waals surface area contributed by atoms with E-state index in [0.29, 0.717) is 11.6 Å². The summed E-state index contributed by atoms with van der Waals surface area (Å²) in [7, 11) is -0.295. The average molecular weight is 306 g/mol. The summed E-state index contributed by atoms with van der Waals surface area (Å²) in [6.45, 7) is 3.48. The molecule has 0 fully saturated rings. The van der Waals surface area contributed by atoms with Gasteiger partial charge in [0.2, 0.25) is 0 Å². The summed E-state index contributed by atoms with van der Waals surface area (Å²) < 4.78 is 24.0. The largest absolute Gasteiger partial charge is 0.313 e. The molecule has 7 heteroatoms. The van der Waals surface area contributed by atoms with E-state index in [1.807, 2.05) is 0 Å². The van der Waals surface area contributed by atoms with Gasteiger partial charge in [0, 0.05) is 25.7 Å². The van der Waals surface area contributed by atoms with E-state index in [-0.39, 0.29) is 4.90 Å². The van der Waals surface area contributed by atoms with Gasteiger partial charge in [0.25, 0.3) is 10.0 Å². The van der Waals surface area contributed by atoms with Gasteiger partial charge in [0.1, 0.15) is 0 Å². The van der Waals surface area contributed by atoms with Crippen LogP contribution >= 0.6 is 11.6 Å². The molecule has 0 saturated carbocycles. The van der Waals surface area contributed by atoms with Crippen molar-refractivity contribution in [2.24, 2.45) is 0 Å². The van der Waals surface area contributed by atoms with Gasteiger partial charge in [0.15, 0.2) is 0 Å². The van der Waals surface area contributed by atoms with Crippen LogP contribution in [0.15, 0.2) is 23.1 Å². The third-order valence-corrected chi connectivity index (χ3v) is 4.22. The number of nitrogens with one attached hydrogen (secondary N) is 2. The highest BCUT2D eigenvalue weighted by Crippen LogP contribution is 2.20. The van der Waals surface area contributed by atoms with Crippen molar-refractivity contribution in [1.29, 1.82) is 0 Å². The third-order valence-electron chi connectivity index (χ3n) is 2.37. The van der Waals surface area contributed by atoms with Gasteiger partial charge in [-0.05, 0) is 36.7 Å². The highest BCUT2D eigenvalue weighted by Gasteiger charge is 2.16. The number of hydrogen-bond acceptors (Lipinski definition) is 4. The zero-order valence-corrected chi connectivity index (χ0v) is 13.0. The van der Waals surface area contributed by atoms with Crippen LogP contribution in [0.5, 0.6) is 0 Å². The molecular formula is C12H20ClN3O2S. The van der Waals surface area contributed by atoms with Crippen molar-refractivity contribution in [1.82, 2.24) is 15.2 Å². The molecule has 1 aromatic carbocycles. The van der Waals surface area contributed by atoms with Gasteiger partial charge in [-0.2, -0.15) is 0 Å². The van der Waals surface area contributed by atoms with Gasteiger partial charge in [-0.1, -0.05) is 18.5 Å². The van der Waals surface area contributed by atoms with E-state index in [0.717, 1.165) is 18.5 Å². The summed E-state index contributed by atoms with van der Waals surface area (Å²) in [6.07, 6.45) is 1.01. The lowest BCUT2D eigenvalue weighted by Crippen LogP contribution is -2.36. The molecule has 0 aliphatic carbocycles. The molecule has 0 unspecified atom stereocenters. The minimum atomic E-state index is -3.54. The molecule has 0 aromatic heterocycles. The summed E-state index contributed by atoms with van der Waals surface area (Å²) in [4.78, 5) is 2.60. The van der Waals surface area contributed by atoms with Crippen LogP contribution in [-0.4, -0.2) is 34.1 Å². The molecule has 0 bridgehead atoms. The van der Waals surface area contributed by atoms with Crippen molar-refractivity contribution < 1.29 is 8.42 Å². The fourth-order valence-corrected chi connectivity index (χ4v) is 2.86. The van der Waals surface area contributed by atoms with Crippen molar-refractivity contribution in [2.45, 2.75) is 24.8 Å². The topological polar surface area (TPSA) is 61.4 Å². The van der Waals surface area contributed by atoms with Crippen molar-refractivity contribution in [3.8, 4) is 0 Å². The second-order valence-corrected chi connectivity index (χ2v) is 6.49. The van der Waals surface area contributed by atoms with E-state index >= 15 is 0 Å². The van der Waals surface area contributed by atoms with E-state index < -0.39 is 10.0 Å². The Labute approximate surface area is 120 Å². The molecule has 0 saturated heterocycles. The smallest absolute Gasteiger partial charge is 0.253 e. The zero-order chi connectivity index (χ0) is 14.5. The normalized spacial score (nSPS) is 12.1. The monoisotopic (exact) mass is 305 g/mol. The number of nitrogens with zero attached hydrogens (tertiary/aromatic N) is 1. The number of hydrogen-bond donors (Lipinski definition) is 2. The molecule has 0 spiro atoms. The second-order valence-electron chi connectivity index (χ2n) is 4.42. The Bertz CT molecular complexity index is 518. The van der Waals surface area contributed by atoms with Crippen LogP contribution in [0.4, 0.5) is 0 Å². The summed E-state index contributed by atoms with van der Waals surface area (Å²) in [5, 5.41) is 5.15. The minimum Gasteiger partial charge on any atom is -0.313 e.